The van der Waals surface area contributed by atoms with Crippen molar-refractivity contribution in [3.05, 3.63) is 41.5 Å². The molecule has 0 spiro atoms. The maximum absolute atomic E-state index is 5.35. The third-order valence-corrected chi connectivity index (χ3v) is 6.15. The first-order valence-corrected chi connectivity index (χ1v) is 11.0. The molecule has 160 valence electrons. The number of anilines is 3. The maximum atomic E-state index is 5.35. The second-order valence-corrected chi connectivity index (χ2v) is 8.39. The quantitative estimate of drug-likeness (QED) is 0.511. The summed E-state index contributed by atoms with van der Waals surface area (Å²) < 4.78 is 7.20. The van der Waals surface area contributed by atoms with Gasteiger partial charge < -0.3 is 19.9 Å². The fraction of sp³-hybridized carbons (Fsp3) is 0.333. The van der Waals surface area contributed by atoms with Gasteiger partial charge in [-0.15, -0.1) is 16.4 Å². The molecule has 1 fully saturated rings. The summed E-state index contributed by atoms with van der Waals surface area (Å²) in [5.41, 5.74) is 1.99. The molecule has 5 rings (SSSR count). The normalized spacial score (nSPS) is 14.9. The standard InChI is InChI=1S/C21H24N8OS/c1-14-22-18(12-19(23-14)28-9-7-27(2)8-10-28)24-20-25-21-29(26-20)17(13-31-21)15-5-4-6-16(11-15)30-3/h4-6,11-13H,7-10H2,1-3H3,(H,22,23,24,26). The Morgan fingerprint density at radius 2 is 1.90 bits per heavy atom. The summed E-state index contributed by atoms with van der Waals surface area (Å²) in [6.07, 6.45) is 0. The summed E-state index contributed by atoms with van der Waals surface area (Å²) in [6.45, 7) is 5.86. The largest absolute Gasteiger partial charge is 0.497 e. The van der Waals surface area contributed by atoms with E-state index in [1.165, 1.54) is 0 Å². The zero-order valence-corrected chi connectivity index (χ0v) is 18.6. The number of ether oxygens (including phenoxy) is 1. The smallest absolute Gasteiger partial charge is 0.249 e. The van der Waals surface area contributed by atoms with E-state index < -0.39 is 0 Å². The van der Waals surface area contributed by atoms with E-state index in [0.717, 1.165) is 59.8 Å². The molecule has 31 heavy (non-hydrogen) atoms. The molecule has 1 aliphatic rings. The Bertz CT molecular complexity index is 1210. The zero-order chi connectivity index (χ0) is 21.4. The van der Waals surface area contributed by atoms with Crippen LogP contribution in [0, 0.1) is 6.92 Å². The molecule has 9 nitrogen and oxygen atoms in total. The summed E-state index contributed by atoms with van der Waals surface area (Å²) in [4.78, 5) is 19.2. The van der Waals surface area contributed by atoms with Crippen molar-refractivity contribution in [1.82, 2.24) is 29.5 Å². The average molecular weight is 437 g/mol. The number of hydrogen-bond donors (Lipinski definition) is 1. The lowest BCUT2D eigenvalue weighted by molar-refractivity contribution is 0.312. The number of nitrogens with one attached hydrogen (secondary N) is 1. The second-order valence-electron chi connectivity index (χ2n) is 7.56. The third kappa shape index (κ3) is 4.04. The molecule has 1 saturated heterocycles. The van der Waals surface area contributed by atoms with Crippen LogP contribution in [0.4, 0.5) is 17.6 Å². The molecule has 1 aliphatic heterocycles. The highest BCUT2D eigenvalue weighted by Crippen LogP contribution is 2.29. The van der Waals surface area contributed by atoms with Gasteiger partial charge in [0.05, 0.1) is 12.8 Å². The number of benzene rings is 1. The van der Waals surface area contributed by atoms with Crippen LogP contribution in [0.15, 0.2) is 35.7 Å². The molecule has 4 aromatic rings. The highest BCUT2D eigenvalue weighted by atomic mass is 32.1. The number of piperazine rings is 1. The lowest BCUT2D eigenvalue weighted by Gasteiger charge is -2.33. The lowest BCUT2D eigenvalue weighted by atomic mass is 10.2. The number of likely N-dealkylation sites (N-methyl/N-ethyl adjacent to an activating group) is 1. The fourth-order valence-electron chi connectivity index (χ4n) is 3.64. The Morgan fingerprint density at radius 1 is 1.06 bits per heavy atom. The van der Waals surface area contributed by atoms with E-state index in [1.54, 1.807) is 18.4 Å². The first kappa shape index (κ1) is 19.7. The molecule has 1 N–H and O–H groups in total. The highest BCUT2D eigenvalue weighted by Gasteiger charge is 2.18. The average Bonchev–Trinajstić information content (AvgIpc) is 3.34. The predicted octanol–water partition coefficient (Wildman–Crippen LogP) is 3.06. The van der Waals surface area contributed by atoms with Gasteiger partial charge in [-0.05, 0) is 26.1 Å². The Labute approximate surface area is 184 Å². The maximum Gasteiger partial charge on any atom is 0.249 e. The number of aryl methyl sites for hydroxylation is 1. The van der Waals surface area contributed by atoms with Crippen LogP contribution in [0.25, 0.3) is 16.2 Å². The van der Waals surface area contributed by atoms with E-state index in [-0.39, 0.29) is 0 Å². The van der Waals surface area contributed by atoms with E-state index >= 15 is 0 Å². The topological polar surface area (TPSA) is 83.7 Å². The minimum absolute atomic E-state index is 0.512. The predicted molar refractivity (Wildman–Crippen MR) is 123 cm³/mol. The van der Waals surface area contributed by atoms with Crippen LogP contribution in [0.3, 0.4) is 0 Å². The van der Waals surface area contributed by atoms with Gasteiger partial charge in [0.2, 0.25) is 10.9 Å². The van der Waals surface area contributed by atoms with Crippen molar-refractivity contribution < 1.29 is 4.74 Å². The van der Waals surface area contributed by atoms with Crippen molar-refractivity contribution >= 4 is 33.9 Å². The summed E-state index contributed by atoms with van der Waals surface area (Å²) >= 11 is 1.55. The summed E-state index contributed by atoms with van der Waals surface area (Å²) in [5.74, 6) is 3.67. The fourth-order valence-corrected chi connectivity index (χ4v) is 4.47. The molecule has 0 saturated carbocycles. The number of hydrogen-bond acceptors (Lipinski definition) is 9. The van der Waals surface area contributed by atoms with E-state index in [9.17, 15) is 0 Å². The van der Waals surface area contributed by atoms with Crippen LogP contribution in [-0.2, 0) is 0 Å². The van der Waals surface area contributed by atoms with Gasteiger partial charge in [0.1, 0.15) is 23.2 Å². The molecule has 4 heterocycles. The molecule has 0 bridgehead atoms. The molecule has 0 radical (unpaired) electrons. The first-order valence-electron chi connectivity index (χ1n) is 10.1. The van der Waals surface area contributed by atoms with Crippen LogP contribution in [0.1, 0.15) is 5.82 Å². The van der Waals surface area contributed by atoms with E-state index in [2.05, 4.69) is 42.2 Å². The zero-order valence-electron chi connectivity index (χ0n) is 17.7. The van der Waals surface area contributed by atoms with Crippen LogP contribution in [-0.4, -0.2) is 69.8 Å². The Morgan fingerprint density at radius 3 is 2.71 bits per heavy atom. The van der Waals surface area contributed by atoms with Gasteiger partial charge in [-0.2, -0.15) is 4.98 Å². The number of nitrogens with zero attached hydrogens (tertiary/aromatic N) is 7. The highest BCUT2D eigenvalue weighted by molar-refractivity contribution is 7.15. The summed E-state index contributed by atoms with van der Waals surface area (Å²) in [7, 11) is 3.81. The third-order valence-electron chi connectivity index (χ3n) is 5.34. The molecular weight excluding hydrogens is 412 g/mol. The SMILES string of the molecule is COc1cccc(-c2csc3nc(Nc4cc(N5CCN(C)CC5)nc(C)n4)nn23)c1. The molecule has 10 heteroatoms. The Balaban J connectivity index is 1.41. The Hall–Kier alpha value is -3.24. The van der Waals surface area contributed by atoms with Crippen LogP contribution < -0.4 is 15.0 Å². The summed E-state index contributed by atoms with van der Waals surface area (Å²) in [6, 6.07) is 9.89. The minimum atomic E-state index is 0.512. The minimum Gasteiger partial charge on any atom is -0.497 e. The van der Waals surface area contributed by atoms with Gasteiger partial charge in [-0.3, -0.25) is 0 Å². The monoisotopic (exact) mass is 436 g/mol. The van der Waals surface area contributed by atoms with Crippen LogP contribution in [0.2, 0.25) is 0 Å². The number of rotatable bonds is 5. The number of thiazole rings is 1. The van der Waals surface area contributed by atoms with Crippen molar-refractivity contribution in [2.75, 3.05) is 50.6 Å². The Kier molecular flexibility index (Phi) is 5.16. The van der Waals surface area contributed by atoms with Crippen LogP contribution in [0.5, 0.6) is 5.75 Å². The molecule has 0 atom stereocenters. The molecule has 0 unspecified atom stereocenters. The van der Waals surface area contributed by atoms with Crippen molar-refractivity contribution in [3.63, 3.8) is 0 Å². The molecule has 0 amide bonds. The van der Waals surface area contributed by atoms with Crippen molar-refractivity contribution in [1.29, 1.82) is 0 Å². The number of aromatic nitrogens is 5. The van der Waals surface area contributed by atoms with Crippen molar-refractivity contribution in [2.24, 2.45) is 0 Å². The van der Waals surface area contributed by atoms with Gasteiger partial charge in [0.15, 0.2) is 0 Å². The summed E-state index contributed by atoms with van der Waals surface area (Å²) in [5, 5.41) is 9.98. The van der Waals surface area contributed by atoms with Gasteiger partial charge in [0.25, 0.3) is 0 Å². The van der Waals surface area contributed by atoms with E-state index in [0.29, 0.717) is 11.8 Å². The van der Waals surface area contributed by atoms with E-state index in [4.69, 9.17) is 4.74 Å². The molecular formula is C21H24N8OS. The van der Waals surface area contributed by atoms with Gasteiger partial charge in [0, 0.05) is 43.2 Å². The number of fused-ring (bicyclic) bond motifs is 1. The molecule has 0 aliphatic carbocycles. The van der Waals surface area contributed by atoms with Gasteiger partial charge in [-0.1, -0.05) is 12.1 Å². The van der Waals surface area contributed by atoms with Gasteiger partial charge >= 0.3 is 0 Å². The van der Waals surface area contributed by atoms with Crippen molar-refractivity contribution in [3.8, 4) is 17.0 Å². The van der Waals surface area contributed by atoms with Gasteiger partial charge in [-0.25, -0.2) is 14.5 Å². The number of methoxy groups -OCH3 is 1. The van der Waals surface area contributed by atoms with Crippen LogP contribution >= 0.6 is 11.3 Å². The first-order chi connectivity index (χ1) is 15.1. The second kappa shape index (κ2) is 8.12. The van der Waals surface area contributed by atoms with E-state index in [1.807, 2.05) is 47.2 Å². The molecule has 3 aromatic heterocycles. The molecule has 1 aromatic carbocycles. The lowest BCUT2D eigenvalue weighted by Crippen LogP contribution is -2.44. The van der Waals surface area contributed by atoms with Crippen molar-refractivity contribution in [2.45, 2.75) is 6.92 Å².